The third-order valence-corrected chi connectivity index (χ3v) is 19.0. The first-order valence-electron chi connectivity index (χ1n) is 21.5. The van der Waals surface area contributed by atoms with Gasteiger partial charge in [0, 0.05) is 34.1 Å². The Morgan fingerprint density at radius 2 is 1.07 bits per heavy atom. The van der Waals surface area contributed by atoms with Crippen molar-refractivity contribution >= 4 is 75.7 Å². The van der Waals surface area contributed by atoms with E-state index in [9.17, 15) is 0 Å². The van der Waals surface area contributed by atoms with Crippen LogP contribution in [0.4, 0.5) is 34.1 Å². The van der Waals surface area contributed by atoms with Gasteiger partial charge in [-0.15, -0.1) is 0 Å². The molecule has 4 heteroatoms. The maximum Gasteiger partial charge on any atom is 0.252 e. The Kier molecular flexibility index (Phi) is 7.22. The Balaban J connectivity index is 1.36. The van der Waals surface area contributed by atoms with Crippen molar-refractivity contribution in [2.45, 2.75) is 142 Å². The summed E-state index contributed by atoms with van der Waals surface area (Å²) < 4.78 is 0. The van der Waals surface area contributed by atoms with Crippen molar-refractivity contribution < 1.29 is 0 Å². The number of hydrogen-bond acceptors (Lipinski definition) is 2. The molecule has 5 aliphatic rings. The SMILES string of the molecule is CC(C)(C)c1cc2c3c(c1)N1c4ccccc4[Si](C)(C)c4cccc(c41)B3c1cc3c(cc1N2c1ccc2c(c1)C(C)(C)CCC2(C)C)C(C)(C)CCC3(C)C. The molecule has 10 rings (SSSR count). The largest absolute Gasteiger partial charge is 0.312 e. The third kappa shape index (κ3) is 4.80. The van der Waals surface area contributed by atoms with E-state index in [-0.39, 0.29) is 33.8 Å². The Labute approximate surface area is 338 Å². The lowest BCUT2D eigenvalue weighted by molar-refractivity contribution is 0.332. The Morgan fingerprint density at radius 1 is 0.518 bits per heavy atom. The molecule has 0 N–H and O–H groups in total. The number of para-hydroxylation sites is 2. The van der Waals surface area contributed by atoms with Gasteiger partial charge in [-0.2, -0.15) is 0 Å². The Hall–Kier alpha value is -4.02. The van der Waals surface area contributed by atoms with Crippen molar-refractivity contribution in [3.63, 3.8) is 0 Å². The molecule has 0 aromatic heterocycles. The first-order chi connectivity index (χ1) is 26.1. The normalized spacial score (nSPS) is 20.9. The zero-order valence-electron chi connectivity index (χ0n) is 36.4. The lowest BCUT2D eigenvalue weighted by Gasteiger charge is -2.50. The van der Waals surface area contributed by atoms with Crippen molar-refractivity contribution in [1.82, 2.24) is 0 Å². The highest BCUT2D eigenvalue weighted by molar-refractivity contribution is 7.05. The van der Waals surface area contributed by atoms with Crippen LogP contribution in [0.2, 0.25) is 13.1 Å². The lowest BCUT2D eigenvalue weighted by atomic mass is 9.33. The van der Waals surface area contributed by atoms with E-state index in [1.54, 1.807) is 10.8 Å². The van der Waals surface area contributed by atoms with Gasteiger partial charge in [0.25, 0.3) is 6.71 Å². The highest BCUT2D eigenvalue weighted by Gasteiger charge is 2.50. The van der Waals surface area contributed by atoms with Gasteiger partial charge >= 0.3 is 0 Å². The third-order valence-electron chi connectivity index (χ3n) is 15.5. The number of hydrogen-bond donors (Lipinski definition) is 0. The van der Waals surface area contributed by atoms with E-state index in [0.717, 1.165) is 0 Å². The van der Waals surface area contributed by atoms with Crippen LogP contribution < -0.4 is 36.6 Å². The van der Waals surface area contributed by atoms with Crippen LogP contribution in [-0.2, 0) is 27.1 Å². The van der Waals surface area contributed by atoms with Crippen molar-refractivity contribution in [2.24, 2.45) is 0 Å². The van der Waals surface area contributed by atoms with Crippen molar-refractivity contribution in [3.8, 4) is 0 Å². The van der Waals surface area contributed by atoms with Gasteiger partial charge in [0.1, 0.15) is 8.07 Å². The standard InChI is InChI=1S/C52H61BN2Si/c1-48(2,3)32-27-42-46-43(28-32)55-40-18-14-15-19-44(40)56(12,13)45-20-16-17-38(47(45)55)53(46)39-30-36-37(52(10,11)26-25-51(36,8)9)31-41(39)54(42)33-21-22-34-35(29-33)50(6,7)24-23-49(34,4)5/h14-22,27-31H,23-26H2,1-13H3. The minimum atomic E-state index is -2.01. The molecule has 0 amide bonds. The van der Waals surface area contributed by atoms with Crippen LogP contribution in [0.5, 0.6) is 0 Å². The van der Waals surface area contributed by atoms with Crippen LogP contribution in [0.25, 0.3) is 0 Å². The van der Waals surface area contributed by atoms with Gasteiger partial charge in [0.15, 0.2) is 0 Å². The van der Waals surface area contributed by atoms with Crippen LogP contribution in [-0.4, -0.2) is 14.8 Å². The van der Waals surface area contributed by atoms with Gasteiger partial charge in [-0.1, -0.05) is 138 Å². The molecule has 5 aromatic rings. The van der Waals surface area contributed by atoms with Gasteiger partial charge in [-0.3, -0.25) is 0 Å². The molecule has 0 saturated heterocycles. The number of rotatable bonds is 1. The van der Waals surface area contributed by atoms with Crippen LogP contribution in [0.15, 0.2) is 84.9 Å². The summed E-state index contributed by atoms with van der Waals surface area (Å²) in [5.74, 6) is 0. The summed E-state index contributed by atoms with van der Waals surface area (Å²) in [5.41, 5.74) is 20.5. The molecule has 0 unspecified atom stereocenters. The number of anilines is 6. The highest BCUT2D eigenvalue weighted by atomic mass is 28.3. The first-order valence-corrected chi connectivity index (χ1v) is 24.5. The van der Waals surface area contributed by atoms with E-state index >= 15 is 0 Å². The predicted octanol–water partition coefficient (Wildman–Crippen LogP) is 10.9. The van der Waals surface area contributed by atoms with Crippen LogP contribution >= 0.6 is 0 Å². The van der Waals surface area contributed by atoms with Crippen molar-refractivity contribution in [1.29, 1.82) is 0 Å². The van der Waals surface area contributed by atoms with Gasteiger partial charge in [0.05, 0.1) is 0 Å². The molecule has 286 valence electrons. The van der Waals surface area contributed by atoms with Gasteiger partial charge in [-0.25, -0.2) is 0 Å². The fourth-order valence-corrected chi connectivity index (χ4v) is 14.6. The molecule has 3 heterocycles. The molecule has 0 saturated carbocycles. The van der Waals surface area contributed by atoms with Crippen LogP contribution in [0, 0.1) is 0 Å². The molecule has 5 aromatic carbocycles. The summed E-state index contributed by atoms with van der Waals surface area (Å²) in [7, 11) is -2.01. The van der Waals surface area contributed by atoms with Crippen LogP contribution in [0.3, 0.4) is 0 Å². The van der Waals surface area contributed by atoms with E-state index in [2.05, 4.69) is 184 Å². The predicted molar refractivity (Wildman–Crippen MR) is 246 cm³/mol. The summed E-state index contributed by atoms with van der Waals surface area (Å²) >= 11 is 0. The molecule has 0 fully saturated rings. The quantitative estimate of drug-likeness (QED) is 0.154. The minimum Gasteiger partial charge on any atom is -0.312 e. The Morgan fingerprint density at radius 3 is 1.71 bits per heavy atom. The summed E-state index contributed by atoms with van der Waals surface area (Å²) in [6.07, 6.45) is 4.83. The first kappa shape index (κ1) is 36.3. The molecular formula is C52H61BN2Si. The topological polar surface area (TPSA) is 6.48 Å². The molecule has 0 spiro atoms. The number of benzene rings is 5. The van der Waals surface area contributed by atoms with E-state index in [0.29, 0.717) is 0 Å². The summed E-state index contributed by atoms with van der Waals surface area (Å²) in [6.45, 7) is 32.3. The maximum atomic E-state index is 2.72. The van der Waals surface area contributed by atoms with E-state index in [1.807, 2.05) is 0 Å². The average Bonchev–Trinajstić information content (AvgIpc) is 3.13. The maximum absolute atomic E-state index is 2.72. The molecule has 2 nitrogen and oxygen atoms in total. The second-order valence-corrected chi connectivity index (χ2v) is 26.7. The molecule has 2 aliphatic carbocycles. The fourth-order valence-electron chi connectivity index (χ4n) is 11.6. The average molecular weight is 753 g/mol. The summed E-state index contributed by atoms with van der Waals surface area (Å²) in [4.78, 5) is 5.43. The van der Waals surface area contributed by atoms with Gasteiger partial charge in [-0.05, 0) is 144 Å². The zero-order valence-corrected chi connectivity index (χ0v) is 37.4. The molecule has 56 heavy (non-hydrogen) atoms. The monoisotopic (exact) mass is 752 g/mol. The van der Waals surface area contributed by atoms with Gasteiger partial charge < -0.3 is 9.80 Å². The number of nitrogens with zero attached hydrogens (tertiary/aromatic N) is 2. The smallest absolute Gasteiger partial charge is 0.252 e. The van der Waals surface area contributed by atoms with Crippen LogP contribution in [0.1, 0.15) is 130 Å². The fraction of sp³-hybridized carbons (Fsp3) is 0.423. The second-order valence-electron chi connectivity index (χ2n) is 22.4. The zero-order chi connectivity index (χ0) is 39.7. The highest BCUT2D eigenvalue weighted by Crippen LogP contribution is 2.53. The van der Waals surface area contributed by atoms with E-state index in [4.69, 9.17) is 0 Å². The van der Waals surface area contributed by atoms with Gasteiger partial charge in [0.2, 0.25) is 0 Å². The van der Waals surface area contributed by atoms with Crippen molar-refractivity contribution in [3.05, 3.63) is 113 Å². The molecule has 0 atom stereocenters. The number of fused-ring (bicyclic) bond motifs is 8. The molecule has 0 bridgehead atoms. The minimum absolute atomic E-state index is 0.0418. The molecule has 3 aliphatic heterocycles. The lowest BCUT2D eigenvalue weighted by Crippen LogP contribution is -2.67. The molecular weight excluding hydrogens is 691 g/mol. The summed E-state index contributed by atoms with van der Waals surface area (Å²) in [5, 5.41) is 3.09. The van der Waals surface area contributed by atoms with E-state index < -0.39 is 8.07 Å². The second kappa shape index (κ2) is 11.1. The Bertz CT molecular complexity index is 2530. The van der Waals surface area contributed by atoms with E-state index in [1.165, 1.54) is 104 Å². The molecule has 0 radical (unpaired) electrons. The summed E-state index contributed by atoms with van der Waals surface area (Å²) in [6, 6.07) is 34.8. The van der Waals surface area contributed by atoms with Crippen molar-refractivity contribution in [2.75, 3.05) is 9.80 Å².